The Morgan fingerprint density at radius 3 is 2.64 bits per heavy atom. The predicted molar refractivity (Wildman–Crippen MR) is 114 cm³/mol. The Kier molecular flexibility index (Phi) is 4.89. The van der Waals surface area contributed by atoms with Crippen LogP contribution in [0, 0.1) is 12.7 Å². The molecule has 4 rings (SSSR count). The van der Waals surface area contributed by atoms with Crippen molar-refractivity contribution in [2.45, 2.75) is 38.9 Å². The molecule has 1 N–H and O–H groups in total. The summed E-state index contributed by atoms with van der Waals surface area (Å²) >= 11 is 5.70. The number of nitrogens with one attached hydrogen (secondary N) is 1. The highest BCUT2D eigenvalue weighted by Gasteiger charge is 2.41. The SMILES string of the molecule is Cc1cc(N2C(=S)N[C@@H](c3ccccn3)[C@@H]2c2ccn(C(C)C)c2)ccc1F. The van der Waals surface area contributed by atoms with Crippen LogP contribution in [0.1, 0.15) is 48.8 Å². The molecule has 0 aliphatic carbocycles. The third-order valence-electron chi connectivity index (χ3n) is 5.19. The number of aromatic nitrogens is 2. The third kappa shape index (κ3) is 3.29. The highest BCUT2D eigenvalue weighted by Crippen LogP contribution is 2.42. The van der Waals surface area contributed by atoms with E-state index in [9.17, 15) is 4.39 Å². The van der Waals surface area contributed by atoms with Gasteiger partial charge in [-0.15, -0.1) is 0 Å². The number of hydrogen-bond acceptors (Lipinski definition) is 2. The number of benzene rings is 1. The minimum absolute atomic E-state index is 0.0766. The van der Waals surface area contributed by atoms with E-state index in [0.717, 1.165) is 16.9 Å². The molecular weight excluding hydrogens is 371 g/mol. The average Bonchev–Trinajstić information content (AvgIpc) is 3.29. The number of halogens is 1. The zero-order valence-corrected chi connectivity index (χ0v) is 16.9. The topological polar surface area (TPSA) is 33.1 Å². The Hall–Kier alpha value is -2.73. The van der Waals surface area contributed by atoms with E-state index in [2.05, 4.69) is 52.1 Å². The van der Waals surface area contributed by atoms with Crippen molar-refractivity contribution in [1.82, 2.24) is 14.9 Å². The summed E-state index contributed by atoms with van der Waals surface area (Å²) in [6.45, 7) is 6.07. The highest BCUT2D eigenvalue weighted by molar-refractivity contribution is 7.80. The van der Waals surface area contributed by atoms with Crippen LogP contribution < -0.4 is 10.2 Å². The van der Waals surface area contributed by atoms with Crippen LogP contribution in [0.15, 0.2) is 61.1 Å². The second kappa shape index (κ2) is 7.36. The lowest BCUT2D eigenvalue weighted by Gasteiger charge is -2.27. The number of thiocarbonyl (C=S) groups is 1. The van der Waals surface area contributed by atoms with Crippen molar-refractivity contribution < 1.29 is 4.39 Å². The van der Waals surface area contributed by atoms with Gasteiger partial charge in [0.15, 0.2) is 5.11 Å². The fourth-order valence-corrected chi connectivity index (χ4v) is 4.02. The summed E-state index contributed by atoms with van der Waals surface area (Å²) in [5.41, 5.74) is 3.53. The molecule has 2 aromatic heterocycles. The number of nitrogens with zero attached hydrogens (tertiary/aromatic N) is 3. The van der Waals surface area contributed by atoms with Crippen LogP contribution in [0.2, 0.25) is 0 Å². The molecule has 0 unspecified atom stereocenters. The third-order valence-corrected chi connectivity index (χ3v) is 5.51. The van der Waals surface area contributed by atoms with Crippen LogP contribution in [0.25, 0.3) is 0 Å². The molecule has 144 valence electrons. The second-order valence-corrected chi connectivity index (χ2v) is 7.80. The van der Waals surface area contributed by atoms with Gasteiger partial charge in [-0.3, -0.25) is 4.98 Å². The zero-order chi connectivity index (χ0) is 19.8. The fraction of sp³-hybridized carbons (Fsp3) is 0.273. The first-order valence-corrected chi connectivity index (χ1v) is 9.80. The molecular formula is C22H23FN4S. The van der Waals surface area contributed by atoms with Crippen molar-refractivity contribution >= 4 is 23.0 Å². The van der Waals surface area contributed by atoms with Gasteiger partial charge < -0.3 is 14.8 Å². The van der Waals surface area contributed by atoms with Gasteiger partial charge in [0.1, 0.15) is 5.82 Å². The molecule has 0 spiro atoms. The first-order chi connectivity index (χ1) is 13.5. The van der Waals surface area contributed by atoms with Gasteiger partial charge in [-0.25, -0.2) is 4.39 Å². The summed E-state index contributed by atoms with van der Waals surface area (Å²) in [6.07, 6.45) is 6.04. The Bertz CT molecular complexity index is 999. The minimum atomic E-state index is -0.217. The lowest BCUT2D eigenvalue weighted by atomic mass is 9.98. The number of anilines is 1. The van der Waals surface area contributed by atoms with Crippen molar-refractivity contribution in [2.24, 2.45) is 0 Å². The van der Waals surface area contributed by atoms with Gasteiger partial charge >= 0.3 is 0 Å². The molecule has 0 bridgehead atoms. The lowest BCUT2D eigenvalue weighted by Crippen LogP contribution is -2.29. The largest absolute Gasteiger partial charge is 0.351 e. The molecule has 1 fully saturated rings. The summed E-state index contributed by atoms with van der Waals surface area (Å²) in [6, 6.07) is 13.3. The van der Waals surface area contributed by atoms with Crippen LogP contribution in [-0.2, 0) is 0 Å². The van der Waals surface area contributed by atoms with Crippen LogP contribution in [0.5, 0.6) is 0 Å². The van der Waals surface area contributed by atoms with E-state index >= 15 is 0 Å². The standard InChI is InChI=1S/C22H23FN4S/c1-14(2)26-11-9-16(13-26)21-20(19-6-4-5-10-24-19)25-22(28)27(21)17-7-8-18(23)15(3)12-17/h4-14,20-21H,1-3H3,(H,25,28)/t20-,21-/m0/s1. The summed E-state index contributed by atoms with van der Waals surface area (Å²) in [5.74, 6) is -0.217. The van der Waals surface area contributed by atoms with Gasteiger partial charge in [0.25, 0.3) is 0 Å². The number of aryl methyl sites for hydroxylation is 1. The average molecular weight is 395 g/mol. The summed E-state index contributed by atoms with van der Waals surface area (Å²) in [7, 11) is 0. The van der Waals surface area contributed by atoms with E-state index in [1.165, 1.54) is 6.07 Å². The van der Waals surface area contributed by atoms with Crippen molar-refractivity contribution in [3.63, 3.8) is 0 Å². The van der Waals surface area contributed by atoms with Gasteiger partial charge in [-0.05, 0) is 80.5 Å². The minimum Gasteiger partial charge on any atom is -0.351 e. The summed E-state index contributed by atoms with van der Waals surface area (Å²) in [4.78, 5) is 6.63. The highest BCUT2D eigenvalue weighted by atomic mass is 32.1. The molecule has 1 aliphatic heterocycles. The first kappa shape index (κ1) is 18.6. The smallest absolute Gasteiger partial charge is 0.174 e. The molecule has 1 aliphatic rings. The molecule has 3 heterocycles. The van der Waals surface area contributed by atoms with Crippen molar-refractivity contribution in [3.05, 3.63) is 83.7 Å². The van der Waals surface area contributed by atoms with Crippen LogP contribution in [-0.4, -0.2) is 14.7 Å². The van der Waals surface area contributed by atoms with Crippen molar-refractivity contribution in [2.75, 3.05) is 4.90 Å². The maximum absolute atomic E-state index is 13.9. The molecule has 0 saturated carbocycles. The molecule has 0 amide bonds. The van der Waals surface area contributed by atoms with E-state index < -0.39 is 0 Å². The van der Waals surface area contributed by atoms with Crippen LogP contribution in [0.4, 0.5) is 10.1 Å². The van der Waals surface area contributed by atoms with Crippen LogP contribution in [0.3, 0.4) is 0 Å². The van der Waals surface area contributed by atoms with Crippen molar-refractivity contribution in [3.8, 4) is 0 Å². The second-order valence-electron chi connectivity index (χ2n) is 7.42. The van der Waals surface area contributed by atoms with E-state index in [0.29, 0.717) is 16.7 Å². The molecule has 4 nitrogen and oxygen atoms in total. The maximum Gasteiger partial charge on any atom is 0.174 e. The summed E-state index contributed by atoms with van der Waals surface area (Å²) < 4.78 is 16.0. The molecule has 28 heavy (non-hydrogen) atoms. The van der Waals surface area contributed by atoms with Gasteiger partial charge in [0.05, 0.1) is 17.8 Å². The Balaban J connectivity index is 1.82. The normalized spacial score (nSPS) is 19.3. The fourth-order valence-electron chi connectivity index (χ4n) is 3.68. The molecule has 1 aromatic carbocycles. The van der Waals surface area contributed by atoms with Gasteiger partial charge in [0.2, 0.25) is 0 Å². The number of pyridine rings is 1. The van der Waals surface area contributed by atoms with Gasteiger partial charge in [0, 0.05) is 30.3 Å². The monoisotopic (exact) mass is 394 g/mol. The van der Waals surface area contributed by atoms with Gasteiger partial charge in [-0.2, -0.15) is 0 Å². The Labute approximate surface area is 170 Å². The molecule has 1 saturated heterocycles. The van der Waals surface area contributed by atoms with E-state index in [1.54, 1.807) is 19.2 Å². The summed E-state index contributed by atoms with van der Waals surface area (Å²) in [5, 5.41) is 4.05. The van der Waals surface area contributed by atoms with Gasteiger partial charge in [-0.1, -0.05) is 6.07 Å². The number of hydrogen-bond donors (Lipinski definition) is 1. The van der Waals surface area contributed by atoms with Crippen molar-refractivity contribution in [1.29, 1.82) is 0 Å². The van der Waals surface area contributed by atoms with E-state index in [4.69, 9.17) is 12.2 Å². The first-order valence-electron chi connectivity index (χ1n) is 9.40. The Morgan fingerprint density at radius 2 is 2.00 bits per heavy atom. The predicted octanol–water partition coefficient (Wildman–Crippen LogP) is 5.09. The maximum atomic E-state index is 13.9. The van der Waals surface area contributed by atoms with E-state index in [-0.39, 0.29) is 17.9 Å². The zero-order valence-electron chi connectivity index (χ0n) is 16.1. The molecule has 6 heteroatoms. The molecule has 3 aromatic rings. The quantitative estimate of drug-likeness (QED) is 0.625. The molecule has 2 atom stereocenters. The number of rotatable bonds is 4. The Morgan fingerprint density at radius 1 is 1.18 bits per heavy atom. The lowest BCUT2D eigenvalue weighted by molar-refractivity contribution is 0.559. The van der Waals surface area contributed by atoms with E-state index in [1.807, 2.05) is 24.3 Å². The molecule has 0 radical (unpaired) electrons. The van der Waals surface area contributed by atoms with Crippen LogP contribution >= 0.6 is 12.2 Å².